The van der Waals surface area contributed by atoms with E-state index in [2.05, 4.69) is 15.7 Å². The second kappa shape index (κ2) is 9.31. The average molecular weight is 379 g/mol. The SMILES string of the molecule is O=C(CCCNc1ccc([N+](=O)[O-])cc1)NCc1cnn(-c2ccccc2)c1. The van der Waals surface area contributed by atoms with E-state index < -0.39 is 4.92 Å². The minimum absolute atomic E-state index is 0.0297. The molecular formula is C20H21N5O3. The van der Waals surface area contributed by atoms with Crippen LogP contribution in [0.15, 0.2) is 67.0 Å². The summed E-state index contributed by atoms with van der Waals surface area (Å²) in [5.74, 6) is -0.0297. The average Bonchev–Trinajstić information content (AvgIpc) is 3.20. The fraction of sp³-hybridized carbons (Fsp3) is 0.200. The Bertz CT molecular complexity index is 923. The molecule has 0 aliphatic rings. The number of hydrogen-bond acceptors (Lipinski definition) is 5. The number of hydrogen-bond donors (Lipinski definition) is 2. The first-order chi connectivity index (χ1) is 13.6. The molecule has 1 heterocycles. The molecule has 0 spiro atoms. The highest BCUT2D eigenvalue weighted by atomic mass is 16.6. The van der Waals surface area contributed by atoms with Gasteiger partial charge in [-0.15, -0.1) is 0 Å². The van der Waals surface area contributed by atoms with Crippen LogP contribution in [0.4, 0.5) is 11.4 Å². The Morgan fingerprint density at radius 2 is 1.86 bits per heavy atom. The molecule has 144 valence electrons. The van der Waals surface area contributed by atoms with Gasteiger partial charge in [-0.1, -0.05) is 18.2 Å². The van der Waals surface area contributed by atoms with Crippen LogP contribution in [-0.2, 0) is 11.3 Å². The minimum Gasteiger partial charge on any atom is -0.385 e. The molecule has 8 nitrogen and oxygen atoms in total. The number of carbonyl (C=O) groups is 1. The number of carbonyl (C=O) groups excluding carboxylic acids is 1. The number of para-hydroxylation sites is 1. The van der Waals surface area contributed by atoms with Crippen molar-refractivity contribution in [2.24, 2.45) is 0 Å². The first-order valence-corrected chi connectivity index (χ1v) is 8.96. The third-order valence-corrected chi connectivity index (χ3v) is 4.13. The molecule has 0 fully saturated rings. The zero-order valence-corrected chi connectivity index (χ0v) is 15.2. The predicted molar refractivity (Wildman–Crippen MR) is 106 cm³/mol. The molecule has 0 saturated carbocycles. The smallest absolute Gasteiger partial charge is 0.269 e. The summed E-state index contributed by atoms with van der Waals surface area (Å²) in [7, 11) is 0. The Balaban J connectivity index is 1.36. The van der Waals surface area contributed by atoms with Crippen molar-refractivity contribution in [2.75, 3.05) is 11.9 Å². The van der Waals surface area contributed by atoms with E-state index in [-0.39, 0.29) is 11.6 Å². The van der Waals surface area contributed by atoms with Crippen LogP contribution in [0.2, 0.25) is 0 Å². The number of benzene rings is 2. The van der Waals surface area contributed by atoms with Crippen LogP contribution in [0.1, 0.15) is 18.4 Å². The van der Waals surface area contributed by atoms with Gasteiger partial charge in [-0.2, -0.15) is 5.10 Å². The lowest BCUT2D eigenvalue weighted by atomic mass is 10.2. The minimum atomic E-state index is -0.433. The largest absolute Gasteiger partial charge is 0.385 e. The van der Waals surface area contributed by atoms with Crippen molar-refractivity contribution in [2.45, 2.75) is 19.4 Å². The lowest BCUT2D eigenvalue weighted by Gasteiger charge is -2.06. The summed E-state index contributed by atoms with van der Waals surface area (Å²) in [6, 6.07) is 16.0. The molecule has 2 aromatic carbocycles. The molecule has 0 atom stereocenters. The summed E-state index contributed by atoms with van der Waals surface area (Å²) >= 11 is 0. The number of nitrogens with one attached hydrogen (secondary N) is 2. The highest BCUT2D eigenvalue weighted by Crippen LogP contribution is 2.15. The molecule has 0 radical (unpaired) electrons. The van der Waals surface area contributed by atoms with Gasteiger partial charge in [0.2, 0.25) is 5.91 Å². The second-order valence-electron chi connectivity index (χ2n) is 6.24. The Labute approximate surface area is 162 Å². The van der Waals surface area contributed by atoms with Gasteiger partial charge in [0.15, 0.2) is 0 Å². The van der Waals surface area contributed by atoms with Crippen molar-refractivity contribution in [3.05, 3.63) is 82.7 Å². The Morgan fingerprint density at radius 1 is 1.11 bits per heavy atom. The molecule has 1 amide bonds. The van der Waals surface area contributed by atoms with Crippen LogP contribution in [-0.4, -0.2) is 27.2 Å². The van der Waals surface area contributed by atoms with Crippen molar-refractivity contribution in [1.82, 2.24) is 15.1 Å². The quantitative estimate of drug-likeness (QED) is 0.337. The first-order valence-electron chi connectivity index (χ1n) is 8.96. The molecule has 3 aromatic rings. The van der Waals surface area contributed by atoms with E-state index in [1.54, 1.807) is 23.0 Å². The lowest BCUT2D eigenvalue weighted by Crippen LogP contribution is -2.22. The van der Waals surface area contributed by atoms with Gasteiger partial charge in [-0.3, -0.25) is 14.9 Å². The van der Waals surface area contributed by atoms with Gasteiger partial charge in [0.1, 0.15) is 0 Å². The molecule has 0 aliphatic heterocycles. The normalized spacial score (nSPS) is 10.4. The molecule has 0 aliphatic carbocycles. The Kier molecular flexibility index (Phi) is 6.35. The van der Waals surface area contributed by atoms with E-state index in [0.717, 1.165) is 16.9 Å². The topological polar surface area (TPSA) is 102 Å². The van der Waals surface area contributed by atoms with Gasteiger partial charge in [-0.25, -0.2) is 4.68 Å². The second-order valence-corrected chi connectivity index (χ2v) is 6.24. The maximum Gasteiger partial charge on any atom is 0.269 e. The zero-order valence-electron chi connectivity index (χ0n) is 15.2. The third-order valence-electron chi connectivity index (χ3n) is 4.13. The molecule has 28 heavy (non-hydrogen) atoms. The number of amides is 1. The zero-order chi connectivity index (χ0) is 19.8. The number of nitro benzene ring substituents is 1. The van der Waals surface area contributed by atoms with Gasteiger partial charge in [0, 0.05) is 49.1 Å². The van der Waals surface area contributed by atoms with Crippen molar-refractivity contribution >= 4 is 17.3 Å². The number of aromatic nitrogens is 2. The van der Waals surface area contributed by atoms with Gasteiger partial charge >= 0.3 is 0 Å². The van der Waals surface area contributed by atoms with E-state index in [9.17, 15) is 14.9 Å². The molecule has 3 rings (SSSR count). The molecule has 0 bridgehead atoms. The molecule has 1 aromatic heterocycles. The summed E-state index contributed by atoms with van der Waals surface area (Å²) in [6.45, 7) is 1.04. The van der Waals surface area contributed by atoms with Crippen LogP contribution < -0.4 is 10.6 Å². The fourth-order valence-corrected chi connectivity index (χ4v) is 2.65. The van der Waals surface area contributed by atoms with Gasteiger partial charge in [-0.05, 0) is 30.7 Å². The van der Waals surface area contributed by atoms with Crippen molar-refractivity contribution in [3.63, 3.8) is 0 Å². The van der Waals surface area contributed by atoms with Gasteiger partial charge in [0.05, 0.1) is 16.8 Å². The summed E-state index contributed by atoms with van der Waals surface area (Å²) in [5, 5.41) is 21.0. The van der Waals surface area contributed by atoms with Crippen LogP contribution >= 0.6 is 0 Å². The number of anilines is 1. The first kappa shape index (κ1) is 19.1. The molecule has 0 saturated heterocycles. The van der Waals surface area contributed by atoms with E-state index in [1.165, 1.54) is 12.1 Å². The summed E-state index contributed by atoms with van der Waals surface area (Å²) in [6.07, 6.45) is 4.69. The van der Waals surface area contributed by atoms with E-state index in [0.29, 0.717) is 25.9 Å². The standard InChI is InChI=1S/C20H21N5O3/c26-20(7-4-12-21-17-8-10-19(11-9-17)25(27)28)22-13-16-14-23-24(15-16)18-5-2-1-3-6-18/h1-3,5-6,8-11,14-15,21H,4,7,12-13H2,(H,22,26). The number of nitrogens with zero attached hydrogens (tertiary/aromatic N) is 3. The van der Waals surface area contributed by atoms with E-state index in [1.807, 2.05) is 36.5 Å². The van der Waals surface area contributed by atoms with Gasteiger partial charge in [0.25, 0.3) is 5.69 Å². The Morgan fingerprint density at radius 3 is 2.57 bits per heavy atom. The van der Waals surface area contributed by atoms with Crippen LogP contribution in [0.25, 0.3) is 5.69 Å². The summed E-state index contributed by atoms with van der Waals surface area (Å²) < 4.78 is 1.77. The maximum absolute atomic E-state index is 12.0. The molecule has 2 N–H and O–H groups in total. The fourth-order valence-electron chi connectivity index (χ4n) is 2.65. The van der Waals surface area contributed by atoms with Gasteiger partial charge < -0.3 is 10.6 Å². The number of nitro groups is 1. The molecule has 8 heteroatoms. The highest BCUT2D eigenvalue weighted by Gasteiger charge is 2.05. The van der Waals surface area contributed by atoms with Crippen molar-refractivity contribution in [1.29, 1.82) is 0 Å². The van der Waals surface area contributed by atoms with Crippen LogP contribution in [0, 0.1) is 10.1 Å². The predicted octanol–water partition coefficient (Wildman–Crippen LogP) is 3.29. The molecule has 0 unspecified atom stereocenters. The van der Waals surface area contributed by atoms with E-state index >= 15 is 0 Å². The third kappa shape index (κ3) is 5.41. The maximum atomic E-state index is 12.0. The molecular weight excluding hydrogens is 358 g/mol. The lowest BCUT2D eigenvalue weighted by molar-refractivity contribution is -0.384. The van der Waals surface area contributed by atoms with E-state index in [4.69, 9.17) is 0 Å². The van der Waals surface area contributed by atoms with Crippen LogP contribution in [0.3, 0.4) is 0 Å². The summed E-state index contributed by atoms with van der Waals surface area (Å²) in [4.78, 5) is 22.2. The number of non-ortho nitro benzene ring substituents is 1. The monoisotopic (exact) mass is 379 g/mol. The number of rotatable bonds is 9. The van der Waals surface area contributed by atoms with Crippen molar-refractivity contribution in [3.8, 4) is 5.69 Å². The Hall–Kier alpha value is -3.68. The van der Waals surface area contributed by atoms with Crippen molar-refractivity contribution < 1.29 is 9.72 Å². The van der Waals surface area contributed by atoms with Crippen LogP contribution in [0.5, 0.6) is 0 Å². The highest BCUT2D eigenvalue weighted by molar-refractivity contribution is 5.75. The summed E-state index contributed by atoms with van der Waals surface area (Å²) in [5.41, 5.74) is 2.75.